The highest BCUT2D eigenvalue weighted by Gasteiger charge is 2.06. The van der Waals surface area contributed by atoms with Crippen LogP contribution in [0, 0.1) is 6.92 Å². The minimum Gasteiger partial charge on any atom is -0.288 e. The van der Waals surface area contributed by atoms with E-state index in [0.29, 0.717) is 5.02 Å². The van der Waals surface area contributed by atoms with Gasteiger partial charge >= 0.3 is 0 Å². The molecule has 3 aromatic rings. The first kappa shape index (κ1) is 18.3. The molecule has 0 unspecified atom stereocenters. The van der Waals surface area contributed by atoms with Gasteiger partial charge in [-0.3, -0.25) is 4.57 Å². The molecule has 0 saturated carbocycles. The zero-order chi connectivity index (χ0) is 18.6. The number of pyridine rings is 1. The summed E-state index contributed by atoms with van der Waals surface area (Å²) in [7, 11) is -3.55. The summed E-state index contributed by atoms with van der Waals surface area (Å²) in [6, 6.07) is 10.5. The number of rotatable bonds is 6. The Morgan fingerprint density at radius 2 is 1.92 bits per heavy atom. The number of halogens is 1. The van der Waals surface area contributed by atoms with Gasteiger partial charge in [0.25, 0.3) is 0 Å². The van der Waals surface area contributed by atoms with Gasteiger partial charge in [0.2, 0.25) is 10.0 Å². The maximum Gasteiger partial charge on any atom is 0.234 e. The van der Waals surface area contributed by atoms with Gasteiger partial charge in [0.1, 0.15) is 11.6 Å². The van der Waals surface area contributed by atoms with Gasteiger partial charge in [0.15, 0.2) is 0 Å². The molecule has 0 atom stereocenters. The van der Waals surface area contributed by atoms with E-state index in [1.807, 2.05) is 29.8 Å². The van der Waals surface area contributed by atoms with Gasteiger partial charge in [0, 0.05) is 35.6 Å². The van der Waals surface area contributed by atoms with Gasteiger partial charge in [-0.2, -0.15) is 0 Å². The predicted molar refractivity (Wildman–Crippen MR) is 102 cm³/mol. The molecule has 0 radical (unpaired) electrons. The molecular weight excluding hydrogens is 372 g/mol. The quantitative estimate of drug-likeness (QED) is 0.702. The molecule has 1 aromatic carbocycles. The molecule has 0 aliphatic rings. The lowest BCUT2D eigenvalue weighted by atomic mass is 10.2. The van der Waals surface area contributed by atoms with Gasteiger partial charge in [-0.25, -0.2) is 23.1 Å². The van der Waals surface area contributed by atoms with Crippen LogP contribution >= 0.6 is 11.6 Å². The second-order valence-corrected chi connectivity index (χ2v) is 7.68. The van der Waals surface area contributed by atoms with Crippen LogP contribution in [0.15, 0.2) is 60.4 Å². The summed E-state index contributed by atoms with van der Waals surface area (Å²) in [5.41, 5.74) is 1.51. The molecule has 6 nitrogen and oxygen atoms in total. The fourth-order valence-electron chi connectivity index (χ4n) is 2.26. The minimum absolute atomic E-state index is 0.156. The van der Waals surface area contributed by atoms with Gasteiger partial charge in [0.05, 0.1) is 0 Å². The number of nitrogens with one attached hydrogen (secondary N) is 1. The van der Waals surface area contributed by atoms with Crippen molar-refractivity contribution < 1.29 is 8.42 Å². The minimum atomic E-state index is -3.55. The van der Waals surface area contributed by atoms with Gasteiger partial charge in [-0.1, -0.05) is 29.8 Å². The van der Waals surface area contributed by atoms with Gasteiger partial charge in [-0.05, 0) is 42.3 Å². The van der Waals surface area contributed by atoms with E-state index in [-0.39, 0.29) is 6.54 Å². The third kappa shape index (κ3) is 4.78. The Hall–Kier alpha value is -2.48. The summed E-state index contributed by atoms with van der Waals surface area (Å²) in [5.74, 6) is 1.56. The molecule has 134 valence electrons. The fourth-order valence-corrected chi connectivity index (χ4v) is 3.18. The molecule has 0 bridgehead atoms. The molecule has 2 heterocycles. The lowest BCUT2D eigenvalue weighted by Crippen LogP contribution is -2.20. The normalized spacial score (nSPS) is 11.9. The monoisotopic (exact) mass is 388 g/mol. The maximum absolute atomic E-state index is 12.1. The highest BCUT2D eigenvalue weighted by Crippen LogP contribution is 2.12. The summed E-state index contributed by atoms with van der Waals surface area (Å²) in [5, 5.41) is 1.73. The van der Waals surface area contributed by atoms with E-state index in [4.69, 9.17) is 11.6 Å². The number of nitrogens with zero attached hydrogens (tertiary/aromatic N) is 3. The fraction of sp³-hybridized carbons (Fsp3) is 0.111. The number of hydrogen-bond donors (Lipinski definition) is 1. The first-order valence-electron chi connectivity index (χ1n) is 7.81. The highest BCUT2D eigenvalue weighted by molar-refractivity contribution is 7.92. The van der Waals surface area contributed by atoms with E-state index in [2.05, 4.69) is 14.7 Å². The Bertz CT molecular complexity index is 1010. The molecule has 1 N–H and O–H groups in total. The van der Waals surface area contributed by atoms with Crippen LogP contribution in [0.25, 0.3) is 11.9 Å². The largest absolute Gasteiger partial charge is 0.288 e. The van der Waals surface area contributed by atoms with Crippen LogP contribution in [0.4, 0.5) is 0 Å². The first-order valence-corrected chi connectivity index (χ1v) is 9.74. The predicted octanol–water partition coefficient (Wildman–Crippen LogP) is 3.32. The molecule has 3 rings (SSSR count). The highest BCUT2D eigenvalue weighted by atomic mass is 35.5. The van der Waals surface area contributed by atoms with E-state index < -0.39 is 10.0 Å². The van der Waals surface area contributed by atoms with Crippen molar-refractivity contribution in [1.82, 2.24) is 19.3 Å². The molecule has 0 aliphatic heterocycles. The van der Waals surface area contributed by atoms with Crippen LogP contribution in [-0.4, -0.2) is 23.0 Å². The van der Waals surface area contributed by atoms with Crippen LogP contribution in [0.1, 0.15) is 17.0 Å². The molecule has 0 saturated heterocycles. The Balaban J connectivity index is 1.62. The van der Waals surface area contributed by atoms with Crippen molar-refractivity contribution in [3.8, 4) is 5.82 Å². The van der Waals surface area contributed by atoms with Crippen LogP contribution in [-0.2, 0) is 16.6 Å². The van der Waals surface area contributed by atoms with E-state index in [1.54, 1.807) is 36.7 Å². The Labute approximate surface area is 157 Å². The SMILES string of the molecule is Cc1nccn1-c1ccc(CNS(=O)(=O)/C=C/c2ccc(Cl)cc2)cn1. The summed E-state index contributed by atoms with van der Waals surface area (Å²) in [6.07, 6.45) is 6.68. The van der Waals surface area contributed by atoms with Crippen molar-refractivity contribution in [3.63, 3.8) is 0 Å². The zero-order valence-corrected chi connectivity index (χ0v) is 15.6. The molecule has 0 spiro atoms. The Morgan fingerprint density at radius 3 is 2.54 bits per heavy atom. The van der Waals surface area contributed by atoms with Crippen molar-refractivity contribution in [1.29, 1.82) is 0 Å². The molecule has 2 aromatic heterocycles. The van der Waals surface area contributed by atoms with Crippen molar-refractivity contribution in [3.05, 3.63) is 82.4 Å². The van der Waals surface area contributed by atoms with E-state index in [9.17, 15) is 8.42 Å². The first-order chi connectivity index (χ1) is 12.4. The topological polar surface area (TPSA) is 76.9 Å². The van der Waals surface area contributed by atoms with Crippen LogP contribution in [0.2, 0.25) is 5.02 Å². The Kier molecular flexibility index (Phi) is 5.51. The zero-order valence-electron chi connectivity index (χ0n) is 14.0. The molecule has 0 amide bonds. The van der Waals surface area contributed by atoms with Gasteiger partial charge in [-0.15, -0.1) is 0 Å². The second-order valence-electron chi connectivity index (χ2n) is 5.59. The average Bonchev–Trinajstić information content (AvgIpc) is 3.06. The number of sulfonamides is 1. The number of imidazole rings is 1. The van der Waals surface area contributed by atoms with Crippen LogP contribution in [0.5, 0.6) is 0 Å². The van der Waals surface area contributed by atoms with Crippen molar-refractivity contribution in [2.75, 3.05) is 0 Å². The third-order valence-electron chi connectivity index (χ3n) is 3.67. The van der Waals surface area contributed by atoms with Crippen molar-refractivity contribution in [2.24, 2.45) is 0 Å². The van der Waals surface area contributed by atoms with Crippen molar-refractivity contribution in [2.45, 2.75) is 13.5 Å². The summed E-state index contributed by atoms with van der Waals surface area (Å²) < 4.78 is 28.5. The standard InChI is InChI=1S/C18H17ClN4O2S/c1-14-20-9-10-23(14)18-7-4-16(12-21-18)13-22-26(24,25)11-8-15-2-5-17(19)6-3-15/h2-12,22H,13H2,1H3/b11-8+. The number of hydrogen-bond acceptors (Lipinski definition) is 4. The third-order valence-corrected chi connectivity index (χ3v) is 4.96. The average molecular weight is 389 g/mol. The smallest absolute Gasteiger partial charge is 0.234 e. The summed E-state index contributed by atoms with van der Waals surface area (Å²) in [4.78, 5) is 8.49. The molecule has 0 fully saturated rings. The summed E-state index contributed by atoms with van der Waals surface area (Å²) >= 11 is 5.81. The number of aromatic nitrogens is 3. The Morgan fingerprint density at radius 1 is 1.15 bits per heavy atom. The van der Waals surface area contributed by atoms with E-state index >= 15 is 0 Å². The molecule has 8 heteroatoms. The molecular formula is C18H17ClN4O2S. The van der Waals surface area contributed by atoms with E-state index in [0.717, 1.165) is 28.2 Å². The molecule has 26 heavy (non-hydrogen) atoms. The van der Waals surface area contributed by atoms with Crippen LogP contribution in [0.3, 0.4) is 0 Å². The van der Waals surface area contributed by atoms with Crippen molar-refractivity contribution >= 4 is 27.7 Å². The van der Waals surface area contributed by atoms with Gasteiger partial charge < -0.3 is 0 Å². The number of aryl methyl sites for hydroxylation is 1. The lowest BCUT2D eigenvalue weighted by molar-refractivity contribution is 0.590. The second kappa shape index (κ2) is 7.82. The number of benzene rings is 1. The lowest BCUT2D eigenvalue weighted by Gasteiger charge is -2.06. The maximum atomic E-state index is 12.1. The summed E-state index contributed by atoms with van der Waals surface area (Å²) in [6.45, 7) is 2.04. The molecule has 0 aliphatic carbocycles. The van der Waals surface area contributed by atoms with E-state index in [1.165, 1.54) is 6.08 Å². The van der Waals surface area contributed by atoms with Crippen LogP contribution < -0.4 is 4.72 Å².